The van der Waals surface area contributed by atoms with Gasteiger partial charge < -0.3 is 15.0 Å². The highest BCUT2D eigenvalue weighted by molar-refractivity contribution is 7.80. The normalized spacial score (nSPS) is 19.1. The zero-order valence-electron chi connectivity index (χ0n) is 14.4. The Hall–Kier alpha value is -3.26. The molecule has 0 bridgehead atoms. The number of esters is 1. The van der Waals surface area contributed by atoms with Crippen molar-refractivity contribution in [3.63, 3.8) is 0 Å². The number of rotatable bonds is 5. The molecule has 1 heterocycles. The van der Waals surface area contributed by atoms with Gasteiger partial charge in [-0.25, -0.2) is 4.79 Å². The van der Waals surface area contributed by atoms with Gasteiger partial charge in [-0.05, 0) is 29.9 Å². The fourth-order valence-electron chi connectivity index (χ4n) is 2.89. The van der Waals surface area contributed by atoms with Gasteiger partial charge in [-0.3, -0.25) is 10.1 Å². The number of benzene rings is 2. The van der Waals surface area contributed by atoms with Gasteiger partial charge in [-0.1, -0.05) is 42.5 Å². The molecule has 1 saturated heterocycles. The van der Waals surface area contributed by atoms with E-state index in [4.69, 9.17) is 17.0 Å². The lowest BCUT2D eigenvalue weighted by Crippen LogP contribution is -2.41. The van der Waals surface area contributed by atoms with E-state index in [1.165, 1.54) is 19.2 Å². The smallest absolute Gasteiger partial charge is 0.330 e. The molecule has 7 nitrogen and oxygen atoms in total. The van der Waals surface area contributed by atoms with Gasteiger partial charge in [0.15, 0.2) is 11.2 Å². The molecular weight excluding hydrogens is 366 g/mol. The number of carbonyl (C=O) groups excluding carboxylic acids is 1. The van der Waals surface area contributed by atoms with Crippen LogP contribution in [0.1, 0.15) is 5.56 Å². The lowest BCUT2D eigenvalue weighted by molar-refractivity contribution is -0.384. The first kappa shape index (κ1) is 18.5. The zero-order valence-corrected chi connectivity index (χ0v) is 15.3. The summed E-state index contributed by atoms with van der Waals surface area (Å²) in [6.45, 7) is 0. The molecule has 2 aromatic rings. The van der Waals surface area contributed by atoms with E-state index in [-0.39, 0.29) is 5.69 Å². The predicted octanol–water partition coefficient (Wildman–Crippen LogP) is 2.91. The second-order valence-corrected chi connectivity index (χ2v) is 6.24. The van der Waals surface area contributed by atoms with Crippen LogP contribution in [0.2, 0.25) is 0 Å². The van der Waals surface area contributed by atoms with E-state index >= 15 is 0 Å². The van der Waals surface area contributed by atoms with Gasteiger partial charge in [0.25, 0.3) is 5.69 Å². The Morgan fingerprint density at radius 1 is 1.22 bits per heavy atom. The summed E-state index contributed by atoms with van der Waals surface area (Å²) in [6, 6.07) is 14.5. The maximum absolute atomic E-state index is 12.2. The molecule has 0 unspecified atom stereocenters. The Kier molecular flexibility index (Phi) is 5.46. The molecule has 0 radical (unpaired) electrons. The van der Waals surface area contributed by atoms with Crippen LogP contribution in [0.25, 0.3) is 6.08 Å². The summed E-state index contributed by atoms with van der Waals surface area (Å²) in [5.41, 5.74) is 1.60. The third-order valence-corrected chi connectivity index (χ3v) is 4.53. The molecule has 1 aliphatic heterocycles. The highest BCUT2D eigenvalue weighted by Gasteiger charge is 2.41. The number of non-ortho nitro benzene ring substituents is 1. The van der Waals surface area contributed by atoms with Gasteiger partial charge in [0.2, 0.25) is 0 Å². The third-order valence-electron chi connectivity index (χ3n) is 4.22. The maximum Gasteiger partial charge on any atom is 0.330 e. The van der Waals surface area contributed by atoms with E-state index in [1.54, 1.807) is 17.0 Å². The fraction of sp³-hybridized carbons (Fsp3) is 0.158. The van der Waals surface area contributed by atoms with Crippen molar-refractivity contribution in [2.75, 3.05) is 12.0 Å². The molecule has 138 valence electrons. The summed E-state index contributed by atoms with van der Waals surface area (Å²) < 4.78 is 4.89. The van der Waals surface area contributed by atoms with Crippen LogP contribution in [0.3, 0.4) is 0 Å². The summed E-state index contributed by atoms with van der Waals surface area (Å²) in [5.74, 6) is -0.440. The highest BCUT2D eigenvalue weighted by Crippen LogP contribution is 2.27. The van der Waals surface area contributed by atoms with Crippen LogP contribution in [0.5, 0.6) is 0 Å². The molecular formula is C19H17N3O4S. The number of nitrogens with one attached hydrogen (secondary N) is 1. The van der Waals surface area contributed by atoms with Crippen molar-refractivity contribution < 1.29 is 14.5 Å². The number of nitrogens with zero attached hydrogens (tertiary/aromatic N) is 2. The topological polar surface area (TPSA) is 84.7 Å². The Bertz CT molecular complexity index is 884. The quantitative estimate of drug-likeness (QED) is 0.368. The minimum atomic E-state index is -0.683. The van der Waals surface area contributed by atoms with E-state index in [0.29, 0.717) is 10.8 Å². The lowest BCUT2D eigenvalue weighted by atomic mass is 10.1. The first-order valence-corrected chi connectivity index (χ1v) is 8.57. The van der Waals surface area contributed by atoms with Crippen LogP contribution in [-0.2, 0) is 9.53 Å². The number of anilines is 1. The molecule has 2 aromatic carbocycles. The van der Waals surface area contributed by atoms with Gasteiger partial charge in [-0.15, -0.1) is 0 Å². The van der Waals surface area contributed by atoms with Crippen LogP contribution in [-0.4, -0.2) is 35.2 Å². The second-order valence-electron chi connectivity index (χ2n) is 5.85. The van der Waals surface area contributed by atoms with Gasteiger partial charge in [0.1, 0.15) is 0 Å². The average Bonchev–Trinajstić information content (AvgIpc) is 3.02. The fourth-order valence-corrected chi connectivity index (χ4v) is 3.25. The first-order chi connectivity index (χ1) is 13.0. The minimum absolute atomic E-state index is 0.0160. The second kappa shape index (κ2) is 7.96. The number of thiocarbonyl (C=S) groups is 1. The number of hydrogen-bond acceptors (Lipinski definition) is 5. The Morgan fingerprint density at radius 2 is 1.89 bits per heavy atom. The van der Waals surface area contributed by atoms with Crippen molar-refractivity contribution in [3.05, 3.63) is 76.4 Å². The standard InChI is InChI=1S/C19H17N3O4S/c1-26-18(23)17-16(12-7-13-5-3-2-4-6-13)21(19(27)20-17)14-8-10-15(11-9-14)22(24)25/h2-12,16-17H,1H3,(H,20,27)/b12-7+/t16-,17+/m0/s1. The van der Waals surface area contributed by atoms with Gasteiger partial charge >= 0.3 is 5.97 Å². The zero-order chi connectivity index (χ0) is 19.4. The molecule has 0 aliphatic carbocycles. The number of nitro groups is 1. The SMILES string of the molecule is COC(=O)[C@@H]1NC(=S)N(c2ccc([N+](=O)[O-])cc2)[C@H]1/C=C/c1ccccc1. The minimum Gasteiger partial charge on any atom is -0.467 e. The van der Waals surface area contributed by atoms with Crippen LogP contribution in [0, 0.1) is 10.1 Å². The largest absolute Gasteiger partial charge is 0.467 e. The molecule has 1 fully saturated rings. The molecule has 0 saturated carbocycles. The Labute approximate surface area is 161 Å². The summed E-state index contributed by atoms with van der Waals surface area (Å²) in [6.07, 6.45) is 3.76. The molecule has 1 aliphatic rings. The average molecular weight is 383 g/mol. The van der Waals surface area contributed by atoms with Crippen molar-refractivity contribution in [1.29, 1.82) is 0 Å². The number of methoxy groups -OCH3 is 1. The first-order valence-electron chi connectivity index (χ1n) is 8.16. The number of carbonyl (C=O) groups is 1. The van der Waals surface area contributed by atoms with Crippen LogP contribution in [0.15, 0.2) is 60.7 Å². The van der Waals surface area contributed by atoms with Crippen LogP contribution in [0.4, 0.5) is 11.4 Å². The van der Waals surface area contributed by atoms with E-state index < -0.39 is 23.0 Å². The van der Waals surface area contributed by atoms with E-state index in [1.807, 2.05) is 42.5 Å². The maximum atomic E-state index is 12.2. The number of hydrogen-bond donors (Lipinski definition) is 1. The molecule has 0 aromatic heterocycles. The van der Waals surface area contributed by atoms with Gasteiger partial charge in [0, 0.05) is 17.8 Å². The molecule has 2 atom stereocenters. The molecule has 8 heteroatoms. The molecule has 27 heavy (non-hydrogen) atoms. The molecule has 1 N–H and O–H groups in total. The molecule has 3 rings (SSSR count). The molecule has 0 amide bonds. The van der Waals surface area contributed by atoms with Crippen LogP contribution < -0.4 is 10.2 Å². The van der Waals surface area contributed by atoms with E-state index in [9.17, 15) is 14.9 Å². The van der Waals surface area contributed by atoms with Crippen LogP contribution >= 0.6 is 12.2 Å². The van der Waals surface area contributed by atoms with Crippen molar-refractivity contribution in [2.45, 2.75) is 12.1 Å². The molecule has 0 spiro atoms. The summed E-state index contributed by atoms with van der Waals surface area (Å²) >= 11 is 5.40. The Morgan fingerprint density at radius 3 is 2.48 bits per heavy atom. The summed E-state index contributed by atoms with van der Waals surface area (Å²) in [4.78, 5) is 24.4. The lowest BCUT2D eigenvalue weighted by Gasteiger charge is -2.24. The monoisotopic (exact) mass is 383 g/mol. The van der Waals surface area contributed by atoms with Gasteiger partial charge in [0.05, 0.1) is 18.1 Å². The summed E-state index contributed by atoms with van der Waals surface area (Å²) in [7, 11) is 1.32. The number of nitro benzene ring substituents is 1. The summed E-state index contributed by atoms with van der Waals surface area (Å²) in [5, 5.41) is 14.2. The Balaban J connectivity index is 1.96. The third kappa shape index (κ3) is 3.95. The van der Waals surface area contributed by atoms with Gasteiger partial charge in [-0.2, -0.15) is 0 Å². The van der Waals surface area contributed by atoms with Crippen molar-refractivity contribution in [2.24, 2.45) is 0 Å². The van der Waals surface area contributed by atoms with Crippen molar-refractivity contribution in [3.8, 4) is 0 Å². The van der Waals surface area contributed by atoms with Crippen molar-refractivity contribution >= 4 is 40.8 Å². The van der Waals surface area contributed by atoms with Crippen molar-refractivity contribution in [1.82, 2.24) is 5.32 Å². The highest BCUT2D eigenvalue weighted by atomic mass is 32.1. The van der Waals surface area contributed by atoms with E-state index in [2.05, 4.69) is 5.32 Å². The van der Waals surface area contributed by atoms with E-state index in [0.717, 1.165) is 5.56 Å². The number of ether oxygens (including phenoxy) is 1. The predicted molar refractivity (Wildman–Crippen MR) is 106 cm³/mol.